The third-order valence-corrected chi connectivity index (χ3v) is 5.69. The van der Waals surface area contributed by atoms with Gasteiger partial charge in [0, 0.05) is 59.0 Å². The molecule has 1 aliphatic carbocycles. The van der Waals surface area contributed by atoms with Crippen molar-refractivity contribution in [3.05, 3.63) is 0 Å². The van der Waals surface area contributed by atoms with Crippen molar-refractivity contribution in [2.45, 2.75) is 64.7 Å². The van der Waals surface area contributed by atoms with Crippen molar-refractivity contribution in [1.29, 1.82) is 0 Å². The summed E-state index contributed by atoms with van der Waals surface area (Å²) in [6.45, 7) is 8.25. The third-order valence-electron chi connectivity index (χ3n) is 5.69. The molecular formula is C22H42N4O3. The van der Waals surface area contributed by atoms with E-state index in [4.69, 9.17) is 9.47 Å². The van der Waals surface area contributed by atoms with Crippen molar-refractivity contribution < 1.29 is 14.3 Å². The van der Waals surface area contributed by atoms with Crippen molar-refractivity contribution in [3.63, 3.8) is 0 Å². The molecule has 0 radical (unpaired) electrons. The zero-order valence-corrected chi connectivity index (χ0v) is 18.3. The number of nitrogens with one attached hydrogen (secondary N) is 3. The van der Waals surface area contributed by atoms with Gasteiger partial charge in [-0.05, 0) is 50.9 Å². The molecule has 1 amide bonds. The highest BCUT2D eigenvalue weighted by molar-refractivity contribution is 5.80. The lowest BCUT2D eigenvalue weighted by Gasteiger charge is -2.21. The van der Waals surface area contributed by atoms with Gasteiger partial charge in [0.15, 0.2) is 5.96 Å². The summed E-state index contributed by atoms with van der Waals surface area (Å²) in [5.41, 5.74) is 0. The molecule has 0 aromatic heterocycles. The molecule has 0 aromatic rings. The lowest BCUT2D eigenvalue weighted by Crippen LogP contribution is -2.41. The summed E-state index contributed by atoms with van der Waals surface area (Å²) in [5, 5.41) is 9.57. The molecule has 2 fully saturated rings. The highest BCUT2D eigenvalue weighted by atomic mass is 16.5. The molecule has 7 heteroatoms. The minimum Gasteiger partial charge on any atom is -0.381 e. The van der Waals surface area contributed by atoms with E-state index in [1.54, 1.807) is 0 Å². The standard InChI is InChI=1S/C22H42N4O3/c1-2-23-22(25-11-6-14-29-18-20-9-15-28-16-10-20)26-13-12-24-21(27)17-19-7-4-3-5-8-19/h19-20H,2-18H2,1H3,(H,24,27)(H2,23,25,26). The van der Waals surface area contributed by atoms with Gasteiger partial charge in [-0.25, -0.2) is 0 Å². The Kier molecular flexibility index (Phi) is 12.8. The summed E-state index contributed by atoms with van der Waals surface area (Å²) in [7, 11) is 0. The monoisotopic (exact) mass is 410 g/mol. The van der Waals surface area contributed by atoms with E-state index in [9.17, 15) is 4.79 Å². The molecule has 7 nitrogen and oxygen atoms in total. The number of hydrogen-bond acceptors (Lipinski definition) is 4. The minimum atomic E-state index is 0.183. The van der Waals surface area contributed by atoms with Crippen LogP contribution in [0.4, 0.5) is 0 Å². The number of carbonyl (C=O) groups excluding carboxylic acids is 1. The zero-order valence-electron chi connectivity index (χ0n) is 18.3. The fourth-order valence-electron chi connectivity index (χ4n) is 3.97. The average molecular weight is 411 g/mol. The normalized spacial score (nSPS) is 19.1. The van der Waals surface area contributed by atoms with E-state index in [2.05, 4.69) is 27.9 Å². The molecule has 1 saturated carbocycles. The van der Waals surface area contributed by atoms with Gasteiger partial charge < -0.3 is 25.4 Å². The Balaban J connectivity index is 1.50. The Morgan fingerprint density at radius 1 is 1.00 bits per heavy atom. The number of carbonyl (C=O) groups is 1. The second kappa shape index (κ2) is 15.5. The van der Waals surface area contributed by atoms with E-state index in [1.807, 2.05) is 0 Å². The Morgan fingerprint density at radius 2 is 1.76 bits per heavy atom. The number of aliphatic imine (C=N–C) groups is 1. The lowest BCUT2D eigenvalue weighted by atomic mass is 9.87. The highest BCUT2D eigenvalue weighted by Crippen LogP contribution is 2.25. The second-order valence-electron chi connectivity index (χ2n) is 8.23. The summed E-state index contributed by atoms with van der Waals surface area (Å²) in [6, 6.07) is 0. The van der Waals surface area contributed by atoms with Crippen LogP contribution in [0.15, 0.2) is 4.99 Å². The van der Waals surface area contributed by atoms with Crippen LogP contribution in [0.3, 0.4) is 0 Å². The van der Waals surface area contributed by atoms with E-state index in [1.165, 1.54) is 32.1 Å². The first-order chi connectivity index (χ1) is 14.3. The van der Waals surface area contributed by atoms with Crippen LogP contribution in [0.2, 0.25) is 0 Å². The average Bonchev–Trinajstić information content (AvgIpc) is 2.75. The van der Waals surface area contributed by atoms with E-state index in [0.717, 1.165) is 64.7 Å². The van der Waals surface area contributed by atoms with Crippen molar-refractivity contribution in [2.75, 3.05) is 52.6 Å². The fourth-order valence-corrected chi connectivity index (χ4v) is 3.97. The van der Waals surface area contributed by atoms with E-state index >= 15 is 0 Å². The van der Waals surface area contributed by atoms with Crippen LogP contribution in [0.5, 0.6) is 0 Å². The van der Waals surface area contributed by atoms with Crippen LogP contribution in [0.25, 0.3) is 0 Å². The number of amides is 1. The molecule has 3 N–H and O–H groups in total. The Labute approximate surface area is 176 Å². The van der Waals surface area contributed by atoms with Gasteiger partial charge in [-0.1, -0.05) is 19.3 Å². The summed E-state index contributed by atoms with van der Waals surface area (Å²) >= 11 is 0. The van der Waals surface area contributed by atoms with Gasteiger partial charge in [0.1, 0.15) is 0 Å². The van der Waals surface area contributed by atoms with E-state index in [-0.39, 0.29) is 5.91 Å². The first-order valence-electron chi connectivity index (χ1n) is 11.7. The molecule has 1 saturated heterocycles. The smallest absolute Gasteiger partial charge is 0.220 e. The molecule has 0 spiro atoms. The first-order valence-corrected chi connectivity index (χ1v) is 11.7. The Bertz CT molecular complexity index is 461. The van der Waals surface area contributed by atoms with Gasteiger partial charge in [-0.3, -0.25) is 9.79 Å². The maximum atomic E-state index is 12.1. The molecule has 0 unspecified atom stereocenters. The Morgan fingerprint density at radius 3 is 2.52 bits per heavy atom. The summed E-state index contributed by atoms with van der Waals surface area (Å²) < 4.78 is 11.2. The maximum Gasteiger partial charge on any atom is 0.220 e. The van der Waals surface area contributed by atoms with Gasteiger partial charge in [0.05, 0.1) is 0 Å². The van der Waals surface area contributed by atoms with Crippen LogP contribution in [-0.4, -0.2) is 64.5 Å². The molecule has 1 heterocycles. The number of hydrogen-bond donors (Lipinski definition) is 3. The van der Waals surface area contributed by atoms with Crippen LogP contribution in [0, 0.1) is 11.8 Å². The molecule has 1 aliphatic heterocycles. The largest absolute Gasteiger partial charge is 0.381 e. The molecule has 0 aromatic carbocycles. The van der Waals surface area contributed by atoms with Gasteiger partial charge in [-0.2, -0.15) is 0 Å². The topological polar surface area (TPSA) is 84.0 Å². The number of guanidine groups is 1. The number of nitrogens with zero attached hydrogens (tertiary/aromatic N) is 1. The van der Waals surface area contributed by atoms with Crippen LogP contribution >= 0.6 is 0 Å². The van der Waals surface area contributed by atoms with Gasteiger partial charge in [0.25, 0.3) is 0 Å². The van der Waals surface area contributed by atoms with E-state index < -0.39 is 0 Å². The number of ether oxygens (including phenoxy) is 2. The molecule has 0 bridgehead atoms. The number of rotatable bonds is 12. The Hall–Kier alpha value is -1.34. The summed E-state index contributed by atoms with van der Waals surface area (Å²) in [6.07, 6.45) is 10.1. The van der Waals surface area contributed by atoms with Gasteiger partial charge in [0.2, 0.25) is 5.91 Å². The molecule has 2 aliphatic rings. The third kappa shape index (κ3) is 11.4. The molecule has 2 rings (SSSR count). The minimum absolute atomic E-state index is 0.183. The summed E-state index contributed by atoms with van der Waals surface area (Å²) in [4.78, 5) is 16.7. The van der Waals surface area contributed by atoms with Gasteiger partial charge >= 0.3 is 0 Å². The lowest BCUT2D eigenvalue weighted by molar-refractivity contribution is -0.122. The molecular weight excluding hydrogens is 368 g/mol. The summed E-state index contributed by atoms with van der Waals surface area (Å²) in [5.74, 6) is 2.23. The second-order valence-corrected chi connectivity index (χ2v) is 8.23. The maximum absolute atomic E-state index is 12.1. The fraction of sp³-hybridized carbons (Fsp3) is 0.909. The quantitative estimate of drug-likeness (QED) is 0.261. The van der Waals surface area contributed by atoms with Gasteiger partial charge in [-0.15, -0.1) is 0 Å². The molecule has 168 valence electrons. The predicted molar refractivity (Wildman–Crippen MR) is 117 cm³/mol. The van der Waals surface area contributed by atoms with Crippen LogP contribution in [0.1, 0.15) is 64.7 Å². The zero-order chi connectivity index (χ0) is 20.6. The molecule has 29 heavy (non-hydrogen) atoms. The van der Waals surface area contributed by atoms with Crippen molar-refractivity contribution in [3.8, 4) is 0 Å². The van der Waals surface area contributed by atoms with Crippen molar-refractivity contribution in [2.24, 2.45) is 16.8 Å². The highest BCUT2D eigenvalue weighted by Gasteiger charge is 2.16. The SMILES string of the molecule is CCNC(=NCCCOCC1CCOCC1)NCCNC(=O)CC1CCCCC1. The van der Waals surface area contributed by atoms with Crippen LogP contribution in [-0.2, 0) is 14.3 Å². The predicted octanol–water partition coefficient (Wildman–Crippen LogP) is 2.46. The first kappa shape index (κ1) is 23.9. The van der Waals surface area contributed by atoms with E-state index in [0.29, 0.717) is 31.3 Å². The van der Waals surface area contributed by atoms with Crippen molar-refractivity contribution in [1.82, 2.24) is 16.0 Å². The molecule has 0 atom stereocenters. The van der Waals surface area contributed by atoms with Crippen molar-refractivity contribution >= 4 is 11.9 Å². The van der Waals surface area contributed by atoms with Crippen LogP contribution < -0.4 is 16.0 Å².